The van der Waals surface area contributed by atoms with Crippen molar-refractivity contribution in [2.24, 2.45) is 5.73 Å². The van der Waals surface area contributed by atoms with Crippen molar-refractivity contribution >= 4 is 0 Å². The number of hydrogen-bond acceptors (Lipinski definition) is 1. The van der Waals surface area contributed by atoms with E-state index in [1.807, 2.05) is 13.8 Å². The van der Waals surface area contributed by atoms with E-state index in [1.54, 1.807) is 6.07 Å². The maximum Gasteiger partial charge on any atom is 0.133 e. The number of hydrogen-bond donors (Lipinski definition) is 1. The van der Waals surface area contributed by atoms with Gasteiger partial charge in [-0.1, -0.05) is 26.3 Å². The van der Waals surface area contributed by atoms with Gasteiger partial charge in [-0.15, -0.1) is 0 Å². The molecular formula is C14H19F2N. The van der Waals surface area contributed by atoms with Crippen molar-refractivity contribution in [1.82, 2.24) is 0 Å². The third-order valence-corrected chi connectivity index (χ3v) is 3.97. The molecule has 2 rings (SSSR count). The van der Waals surface area contributed by atoms with E-state index in [0.29, 0.717) is 12.1 Å². The Labute approximate surface area is 101 Å². The first-order valence-corrected chi connectivity index (χ1v) is 6.20. The maximum atomic E-state index is 14.4. The first kappa shape index (κ1) is 12.5. The van der Waals surface area contributed by atoms with Crippen LogP contribution in [0.4, 0.5) is 8.78 Å². The lowest BCUT2D eigenvalue weighted by atomic mass is 9.64. The Bertz CT molecular complexity index is 417. The summed E-state index contributed by atoms with van der Waals surface area (Å²) in [6.07, 6.45) is 2.58. The van der Waals surface area contributed by atoms with Crippen molar-refractivity contribution < 1.29 is 8.78 Å². The number of benzene rings is 1. The molecule has 0 atom stereocenters. The van der Waals surface area contributed by atoms with Crippen molar-refractivity contribution in [3.05, 3.63) is 34.9 Å². The standard InChI is InChI=1S/C14H19F2N/c1-9(2)10-4-5-11(15)12(13(10)16)14(8-17)6-3-7-14/h4-5,9H,3,6-8,17H2,1-2H3. The minimum atomic E-state index is -0.459. The Hall–Kier alpha value is -0.960. The highest BCUT2D eigenvalue weighted by Crippen LogP contribution is 2.45. The Morgan fingerprint density at radius 1 is 1.29 bits per heavy atom. The molecule has 1 aromatic carbocycles. The minimum Gasteiger partial charge on any atom is -0.330 e. The number of halogens is 2. The molecule has 0 radical (unpaired) electrons. The van der Waals surface area contributed by atoms with Gasteiger partial charge < -0.3 is 5.73 Å². The van der Waals surface area contributed by atoms with Crippen molar-refractivity contribution in [3.8, 4) is 0 Å². The summed E-state index contributed by atoms with van der Waals surface area (Å²) in [5.74, 6) is -0.772. The lowest BCUT2D eigenvalue weighted by Gasteiger charge is -2.42. The van der Waals surface area contributed by atoms with Crippen LogP contribution < -0.4 is 5.73 Å². The van der Waals surface area contributed by atoms with Crippen LogP contribution in [0.3, 0.4) is 0 Å². The van der Waals surface area contributed by atoms with E-state index in [9.17, 15) is 8.78 Å². The molecule has 1 aliphatic rings. The maximum absolute atomic E-state index is 14.4. The third-order valence-electron chi connectivity index (χ3n) is 3.97. The van der Waals surface area contributed by atoms with Crippen LogP contribution in [0.15, 0.2) is 12.1 Å². The molecule has 0 amide bonds. The van der Waals surface area contributed by atoms with Crippen molar-refractivity contribution in [1.29, 1.82) is 0 Å². The van der Waals surface area contributed by atoms with Crippen LogP contribution in [0, 0.1) is 11.6 Å². The summed E-state index contributed by atoms with van der Waals surface area (Å²) >= 11 is 0. The van der Waals surface area contributed by atoms with Crippen molar-refractivity contribution in [2.75, 3.05) is 6.54 Å². The molecule has 0 bridgehead atoms. The van der Waals surface area contributed by atoms with Gasteiger partial charge in [0.15, 0.2) is 0 Å². The normalized spacial score (nSPS) is 18.2. The molecule has 3 heteroatoms. The molecule has 0 aliphatic heterocycles. The predicted molar refractivity (Wildman–Crippen MR) is 65.0 cm³/mol. The average molecular weight is 239 g/mol. The second-order valence-corrected chi connectivity index (χ2v) is 5.32. The first-order chi connectivity index (χ1) is 8.02. The quantitative estimate of drug-likeness (QED) is 0.858. The van der Waals surface area contributed by atoms with Gasteiger partial charge in [0, 0.05) is 17.5 Å². The van der Waals surface area contributed by atoms with Gasteiger partial charge in [0.2, 0.25) is 0 Å². The fourth-order valence-corrected chi connectivity index (χ4v) is 2.66. The Morgan fingerprint density at radius 2 is 1.94 bits per heavy atom. The Kier molecular flexibility index (Phi) is 3.21. The summed E-state index contributed by atoms with van der Waals surface area (Å²) in [5.41, 5.74) is 6.08. The van der Waals surface area contributed by atoms with Crippen LogP contribution in [0.5, 0.6) is 0 Å². The van der Waals surface area contributed by atoms with Crippen LogP contribution >= 0.6 is 0 Å². The summed E-state index contributed by atoms with van der Waals surface area (Å²) in [6.45, 7) is 4.15. The zero-order chi connectivity index (χ0) is 12.6. The second-order valence-electron chi connectivity index (χ2n) is 5.32. The van der Waals surface area contributed by atoms with Crippen LogP contribution in [0.1, 0.15) is 50.2 Å². The van der Waals surface area contributed by atoms with Gasteiger partial charge in [-0.25, -0.2) is 8.78 Å². The highest BCUT2D eigenvalue weighted by atomic mass is 19.1. The Balaban J connectivity index is 2.56. The van der Waals surface area contributed by atoms with Crippen LogP contribution in [0.25, 0.3) is 0 Å². The smallest absolute Gasteiger partial charge is 0.133 e. The molecule has 1 fully saturated rings. The lowest BCUT2D eigenvalue weighted by molar-refractivity contribution is 0.235. The molecule has 17 heavy (non-hydrogen) atoms. The summed E-state index contributed by atoms with van der Waals surface area (Å²) in [5, 5.41) is 0. The fourth-order valence-electron chi connectivity index (χ4n) is 2.66. The molecule has 0 heterocycles. The number of nitrogens with two attached hydrogens (primary N) is 1. The van der Waals surface area contributed by atoms with E-state index < -0.39 is 11.2 Å². The molecule has 0 saturated heterocycles. The molecule has 0 unspecified atom stereocenters. The molecule has 0 spiro atoms. The van der Waals surface area contributed by atoms with Gasteiger partial charge >= 0.3 is 0 Å². The van der Waals surface area contributed by atoms with Gasteiger partial charge in [0.1, 0.15) is 11.6 Å². The summed E-state index contributed by atoms with van der Waals surface area (Å²) in [4.78, 5) is 0. The molecule has 1 aromatic rings. The largest absolute Gasteiger partial charge is 0.330 e. The molecule has 1 saturated carbocycles. The monoisotopic (exact) mass is 239 g/mol. The molecular weight excluding hydrogens is 220 g/mol. The average Bonchev–Trinajstić information content (AvgIpc) is 2.21. The van der Waals surface area contributed by atoms with E-state index in [0.717, 1.165) is 19.3 Å². The van der Waals surface area contributed by atoms with Gasteiger partial charge in [-0.2, -0.15) is 0 Å². The number of rotatable bonds is 3. The molecule has 94 valence electrons. The Morgan fingerprint density at radius 3 is 2.35 bits per heavy atom. The van der Waals surface area contributed by atoms with E-state index >= 15 is 0 Å². The predicted octanol–water partition coefficient (Wildman–Crippen LogP) is 3.47. The topological polar surface area (TPSA) is 26.0 Å². The van der Waals surface area contributed by atoms with Gasteiger partial charge in [0.25, 0.3) is 0 Å². The third kappa shape index (κ3) is 1.86. The molecule has 2 N–H and O–H groups in total. The van der Waals surface area contributed by atoms with E-state index in [1.165, 1.54) is 6.07 Å². The van der Waals surface area contributed by atoms with Crippen LogP contribution in [-0.2, 0) is 5.41 Å². The molecule has 0 aromatic heterocycles. The van der Waals surface area contributed by atoms with Gasteiger partial charge in [0.05, 0.1) is 0 Å². The van der Waals surface area contributed by atoms with Gasteiger partial charge in [-0.05, 0) is 30.4 Å². The van der Waals surface area contributed by atoms with Crippen molar-refractivity contribution in [3.63, 3.8) is 0 Å². The van der Waals surface area contributed by atoms with Crippen molar-refractivity contribution in [2.45, 2.75) is 44.4 Å². The zero-order valence-electron chi connectivity index (χ0n) is 10.4. The van der Waals surface area contributed by atoms with E-state index in [4.69, 9.17) is 5.73 Å². The zero-order valence-corrected chi connectivity index (χ0v) is 10.4. The lowest BCUT2D eigenvalue weighted by Crippen LogP contribution is -2.43. The fraction of sp³-hybridized carbons (Fsp3) is 0.571. The highest BCUT2D eigenvalue weighted by molar-refractivity contribution is 5.37. The SMILES string of the molecule is CC(C)c1ccc(F)c(C2(CN)CCC2)c1F. The van der Waals surface area contributed by atoms with Gasteiger partial charge in [-0.3, -0.25) is 0 Å². The summed E-state index contributed by atoms with van der Waals surface area (Å²) in [6, 6.07) is 2.92. The molecule has 1 nitrogen and oxygen atoms in total. The highest BCUT2D eigenvalue weighted by Gasteiger charge is 2.42. The van der Waals surface area contributed by atoms with E-state index in [-0.39, 0.29) is 17.3 Å². The molecule has 1 aliphatic carbocycles. The van der Waals surface area contributed by atoms with Crippen LogP contribution in [-0.4, -0.2) is 6.54 Å². The summed E-state index contributed by atoms with van der Waals surface area (Å²) < 4.78 is 28.3. The minimum absolute atomic E-state index is 0.0595. The first-order valence-electron chi connectivity index (χ1n) is 6.20. The van der Waals surface area contributed by atoms with E-state index in [2.05, 4.69) is 0 Å². The summed E-state index contributed by atoms with van der Waals surface area (Å²) in [7, 11) is 0. The second kappa shape index (κ2) is 4.37. The van der Waals surface area contributed by atoms with Crippen LogP contribution in [0.2, 0.25) is 0 Å².